The quantitative estimate of drug-likeness (QED) is 0.799. The van der Waals surface area contributed by atoms with E-state index in [1.165, 1.54) is 12.7 Å². The lowest BCUT2D eigenvalue weighted by molar-refractivity contribution is -0.139. The lowest BCUT2D eigenvalue weighted by atomic mass is 10.0. The van der Waals surface area contributed by atoms with Crippen molar-refractivity contribution in [3.05, 3.63) is 35.9 Å². The molecule has 0 spiro atoms. The molecular weight excluding hydrogens is 252 g/mol. The Kier molecular flexibility index (Phi) is 6.02. The van der Waals surface area contributed by atoms with E-state index in [0.717, 1.165) is 38.9 Å². The lowest BCUT2D eigenvalue weighted by Gasteiger charge is -2.32. The minimum Gasteiger partial charge on any atom is -0.468 e. The molecule has 0 saturated carbocycles. The maximum absolute atomic E-state index is 11.1. The maximum Gasteiger partial charge on any atom is 0.319 e. The van der Waals surface area contributed by atoms with Crippen LogP contribution in [0, 0.1) is 0 Å². The third-order valence-electron chi connectivity index (χ3n) is 3.91. The van der Waals surface area contributed by atoms with Crippen molar-refractivity contribution in [3.63, 3.8) is 0 Å². The van der Waals surface area contributed by atoms with Crippen molar-refractivity contribution < 1.29 is 9.53 Å². The van der Waals surface area contributed by atoms with E-state index >= 15 is 0 Å². The number of hydrogen-bond donors (Lipinski definition) is 1. The van der Waals surface area contributed by atoms with E-state index in [4.69, 9.17) is 0 Å². The van der Waals surface area contributed by atoms with Gasteiger partial charge in [-0.15, -0.1) is 0 Å². The van der Waals surface area contributed by atoms with Gasteiger partial charge in [0.25, 0.3) is 0 Å². The number of carbonyl (C=O) groups is 1. The number of esters is 1. The minimum atomic E-state index is -0.184. The van der Waals surface area contributed by atoms with Gasteiger partial charge in [-0.05, 0) is 37.9 Å². The summed E-state index contributed by atoms with van der Waals surface area (Å²) in [4.78, 5) is 13.6. The largest absolute Gasteiger partial charge is 0.468 e. The van der Waals surface area contributed by atoms with Crippen molar-refractivity contribution >= 4 is 5.97 Å². The molecule has 0 atom stereocenters. The normalized spacial score (nSPS) is 17.1. The predicted octanol–water partition coefficient (Wildman–Crippen LogP) is 1.46. The first-order valence-corrected chi connectivity index (χ1v) is 7.34. The molecule has 0 amide bonds. The maximum atomic E-state index is 11.1. The van der Waals surface area contributed by atoms with Crippen molar-refractivity contribution in [1.29, 1.82) is 0 Å². The molecule has 20 heavy (non-hydrogen) atoms. The van der Waals surface area contributed by atoms with E-state index in [1.807, 2.05) is 0 Å². The number of benzene rings is 1. The van der Waals surface area contributed by atoms with Gasteiger partial charge in [0, 0.05) is 12.6 Å². The third-order valence-corrected chi connectivity index (χ3v) is 3.91. The predicted molar refractivity (Wildman–Crippen MR) is 79.6 cm³/mol. The van der Waals surface area contributed by atoms with E-state index in [1.54, 1.807) is 0 Å². The highest BCUT2D eigenvalue weighted by molar-refractivity contribution is 5.71. The smallest absolute Gasteiger partial charge is 0.319 e. The molecule has 1 heterocycles. The van der Waals surface area contributed by atoms with Crippen LogP contribution in [0.2, 0.25) is 0 Å². The number of carbonyl (C=O) groups excluding carboxylic acids is 1. The fourth-order valence-corrected chi connectivity index (χ4v) is 2.59. The SMILES string of the molecule is COC(=O)CNC1CCN(CCc2ccccc2)CC1. The van der Waals surface area contributed by atoms with Gasteiger partial charge in [-0.25, -0.2) is 0 Å². The molecule has 1 fully saturated rings. The van der Waals surface area contributed by atoms with Crippen LogP contribution in [0.5, 0.6) is 0 Å². The molecular formula is C16H24N2O2. The molecule has 4 nitrogen and oxygen atoms in total. The van der Waals surface area contributed by atoms with Gasteiger partial charge in [0.2, 0.25) is 0 Å². The van der Waals surface area contributed by atoms with Crippen LogP contribution in [0.3, 0.4) is 0 Å². The average Bonchev–Trinajstić information content (AvgIpc) is 2.52. The molecule has 0 aromatic heterocycles. The second-order valence-electron chi connectivity index (χ2n) is 5.31. The zero-order valence-electron chi connectivity index (χ0n) is 12.2. The standard InChI is InChI=1S/C16H24N2O2/c1-20-16(19)13-17-15-8-11-18(12-9-15)10-7-14-5-3-2-4-6-14/h2-6,15,17H,7-13H2,1H3. The van der Waals surface area contributed by atoms with Crippen molar-refractivity contribution in [2.45, 2.75) is 25.3 Å². The third kappa shape index (κ3) is 4.94. The molecule has 1 saturated heterocycles. The van der Waals surface area contributed by atoms with E-state index in [2.05, 4.69) is 45.3 Å². The Morgan fingerprint density at radius 2 is 2.00 bits per heavy atom. The molecule has 0 unspecified atom stereocenters. The highest BCUT2D eigenvalue weighted by Gasteiger charge is 2.19. The Balaban J connectivity index is 1.63. The Morgan fingerprint density at radius 3 is 2.65 bits per heavy atom. The van der Waals surface area contributed by atoms with Crippen molar-refractivity contribution in [3.8, 4) is 0 Å². The van der Waals surface area contributed by atoms with E-state index in [-0.39, 0.29) is 5.97 Å². The molecule has 110 valence electrons. The van der Waals surface area contributed by atoms with Crippen LogP contribution in [0.1, 0.15) is 18.4 Å². The van der Waals surface area contributed by atoms with Crippen LogP contribution in [0.25, 0.3) is 0 Å². The topological polar surface area (TPSA) is 41.6 Å². The molecule has 0 radical (unpaired) electrons. The molecule has 1 aliphatic heterocycles. The molecule has 1 aromatic carbocycles. The van der Waals surface area contributed by atoms with Gasteiger partial charge in [-0.2, -0.15) is 0 Å². The Labute approximate surface area is 121 Å². The fourth-order valence-electron chi connectivity index (χ4n) is 2.59. The molecule has 2 rings (SSSR count). The van der Waals surface area contributed by atoms with E-state index in [9.17, 15) is 4.79 Å². The van der Waals surface area contributed by atoms with Gasteiger partial charge in [0.1, 0.15) is 0 Å². The van der Waals surface area contributed by atoms with Crippen LogP contribution >= 0.6 is 0 Å². The summed E-state index contributed by atoms with van der Waals surface area (Å²) >= 11 is 0. The van der Waals surface area contributed by atoms with Gasteiger partial charge < -0.3 is 15.0 Å². The number of ether oxygens (including phenoxy) is 1. The van der Waals surface area contributed by atoms with Crippen LogP contribution in [-0.4, -0.2) is 50.2 Å². The molecule has 1 N–H and O–H groups in total. The van der Waals surface area contributed by atoms with Crippen molar-refractivity contribution in [2.24, 2.45) is 0 Å². The van der Waals surface area contributed by atoms with Crippen molar-refractivity contribution in [2.75, 3.05) is 33.3 Å². The van der Waals surface area contributed by atoms with E-state index < -0.39 is 0 Å². The number of nitrogens with zero attached hydrogens (tertiary/aromatic N) is 1. The summed E-state index contributed by atoms with van der Waals surface area (Å²) in [7, 11) is 1.43. The summed E-state index contributed by atoms with van der Waals surface area (Å²) in [5.74, 6) is -0.184. The van der Waals surface area contributed by atoms with Crippen molar-refractivity contribution in [1.82, 2.24) is 10.2 Å². The average molecular weight is 276 g/mol. The molecule has 0 aliphatic carbocycles. The van der Waals surface area contributed by atoms with Crippen LogP contribution in [0.15, 0.2) is 30.3 Å². The molecule has 1 aromatic rings. The number of likely N-dealkylation sites (tertiary alicyclic amines) is 1. The fraction of sp³-hybridized carbons (Fsp3) is 0.562. The molecule has 4 heteroatoms. The summed E-state index contributed by atoms with van der Waals surface area (Å²) in [6, 6.07) is 11.1. The van der Waals surface area contributed by atoms with E-state index in [0.29, 0.717) is 12.6 Å². The van der Waals surface area contributed by atoms with Gasteiger partial charge in [0.15, 0.2) is 0 Å². The monoisotopic (exact) mass is 276 g/mol. The van der Waals surface area contributed by atoms with Gasteiger partial charge in [-0.3, -0.25) is 4.79 Å². The van der Waals surface area contributed by atoms with Gasteiger partial charge in [0.05, 0.1) is 13.7 Å². The van der Waals surface area contributed by atoms with Crippen LogP contribution in [0.4, 0.5) is 0 Å². The summed E-state index contributed by atoms with van der Waals surface area (Å²) < 4.78 is 4.64. The molecule has 0 bridgehead atoms. The number of piperidine rings is 1. The summed E-state index contributed by atoms with van der Waals surface area (Å²) in [5, 5.41) is 3.27. The first-order chi connectivity index (χ1) is 9.78. The number of hydrogen-bond acceptors (Lipinski definition) is 4. The number of nitrogens with one attached hydrogen (secondary N) is 1. The Hall–Kier alpha value is -1.39. The number of methoxy groups -OCH3 is 1. The zero-order valence-corrected chi connectivity index (χ0v) is 12.2. The highest BCUT2D eigenvalue weighted by atomic mass is 16.5. The summed E-state index contributed by atoms with van der Waals surface area (Å²) in [6.07, 6.45) is 3.32. The van der Waals surface area contributed by atoms with Gasteiger partial charge in [-0.1, -0.05) is 30.3 Å². The molecule has 1 aliphatic rings. The zero-order chi connectivity index (χ0) is 14.2. The van der Waals surface area contributed by atoms with Crippen LogP contribution in [-0.2, 0) is 16.0 Å². The Morgan fingerprint density at radius 1 is 1.30 bits per heavy atom. The summed E-state index contributed by atoms with van der Waals surface area (Å²) in [5.41, 5.74) is 1.40. The van der Waals surface area contributed by atoms with Gasteiger partial charge >= 0.3 is 5.97 Å². The Bertz CT molecular complexity index is 400. The highest BCUT2D eigenvalue weighted by Crippen LogP contribution is 2.11. The first-order valence-electron chi connectivity index (χ1n) is 7.34. The number of rotatable bonds is 6. The minimum absolute atomic E-state index is 0.184. The second-order valence-corrected chi connectivity index (χ2v) is 5.31. The second kappa shape index (κ2) is 8.02. The first kappa shape index (κ1) is 15.0. The lowest BCUT2D eigenvalue weighted by Crippen LogP contribution is -2.44. The summed E-state index contributed by atoms with van der Waals surface area (Å²) in [6.45, 7) is 3.65. The van der Waals surface area contributed by atoms with Crippen LogP contribution < -0.4 is 5.32 Å².